The number of rotatable bonds is 12. The third kappa shape index (κ3) is 8.08. The van der Waals surface area contributed by atoms with Crippen LogP contribution in [0.3, 0.4) is 0 Å². The Balaban J connectivity index is 1.93. The third-order valence-electron chi connectivity index (χ3n) is 7.16. The van der Waals surface area contributed by atoms with Gasteiger partial charge in [-0.05, 0) is 29.3 Å². The smallest absolute Gasteiger partial charge is 0.330 e. The molecule has 0 aromatic heterocycles. The van der Waals surface area contributed by atoms with Gasteiger partial charge in [0.05, 0.1) is 19.8 Å². The zero-order chi connectivity index (χ0) is 27.8. The number of benzene rings is 2. The van der Waals surface area contributed by atoms with Crippen LogP contribution in [-0.2, 0) is 46.1 Å². The van der Waals surface area contributed by atoms with Crippen molar-refractivity contribution in [2.24, 2.45) is 0 Å². The van der Waals surface area contributed by atoms with E-state index in [0.29, 0.717) is 13.2 Å². The lowest BCUT2D eigenvalue weighted by molar-refractivity contribution is -0.304. The number of methoxy groups -OCH3 is 1. The molecular formula is C30H42O7Si. The van der Waals surface area contributed by atoms with Crippen LogP contribution in [0.1, 0.15) is 31.9 Å². The molecule has 8 heteroatoms. The van der Waals surface area contributed by atoms with E-state index in [1.807, 2.05) is 60.7 Å². The van der Waals surface area contributed by atoms with Gasteiger partial charge in [0.15, 0.2) is 20.7 Å². The fourth-order valence-electron chi connectivity index (χ4n) is 4.00. The molecule has 208 valence electrons. The molecule has 0 bridgehead atoms. The molecule has 38 heavy (non-hydrogen) atoms. The van der Waals surface area contributed by atoms with Crippen molar-refractivity contribution in [3.05, 3.63) is 84.4 Å². The molecule has 1 aliphatic heterocycles. The summed E-state index contributed by atoms with van der Waals surface area (Å²) in [6, 6.07) is 19.8. The lowest BCUT2D eigenvalue weighted by Gasteiger charge is -2.49. The second-order valence-electron chi connectivity index (χ2n) is 11.0. The molecule has 1 aliphatic rings. The van der Waals surface area contributed by atoms with Crippen LogP contribution < -0.4 is 0 Å². The summed E-state index contributed by atoms with van der Waals surface area (Å²) in [5.41, 5.74) is 2.07. The lowest BCUT2D eigenvalue weighted by Crippen LogP contribution is -2.64. The Morgan fingerprint density at radius 1 is 0.947 bits per heavy atom. The van der Waals surface area contributed by atoms with Gasteiger partial charge in [-0.3, -0.25) is 0 Å². The Morgan fingerprint density at radius 2 is 1.53 bits per heavy atom. The van der Waals surface area contributed by atoms with Gasteiger partial charge in [-0.25, -0.2) is 4.79 Å². The van der Waals surface area contributed by atoms with Gasteiger partial charge in [-0.1, -0.05) is 88.0 Å². The summed E-state index contributed by atoms with van der Waals surface area (Å²) in [6.07, 6.45) is -2.35. The molecule has 0 amide bonds. The van der Waals surface area contributed by atoms with E-state index < -0.39 is 45.0 Å². The van der Waals surface area contributed by atoms with Gasteiger partial charge in [0.2, 0.25) is 0 Å². The van der Waals surface area contributed by atoms with Gasteiger partial charge in [0, 0.05) is 13.2 Å². The van der Waals surface area contributed by atoms with E-state index in [4.69, 9.17) is 28.1 Å². The SMILES string of the molecule is C=CC(=O)O[C@H]1[C@@H](OC)O[C@H](COCc2ccccc2)[C@@H](OCc2ccccc2)[C@@H]1O[Si](C)(C)C(C)(C)C. The van der Waals surface area contributed by atoms with E-state index in [-0.39, 0.29) is 11.6 Å². The normalized spacial score (nSPS) is 24.1. The Labute approximate surface area is 228 Å². The molecular weight excluding hydrogens is 500 g/mol. The van der Waals surface area contributed by atoms with Crippen LogP contribution >= 0.6 is 0 Å². The van der Waals surface area contributed by atoms with Gasteiger partial charge >= 0.3 is 5.97 Å². The van der Waals surface area contributed by atoms with Crippen molar-refractivity contribution < 1.29 is 32.9 Å². The summed E-state index contributed by atoms with van der Waals surface area (Å²) in [5.74, 6) is -0.579. The fourth-order valence-corrected chi connectivity index (χ4v) is 5.30. The van der Waals surface area contributed by atoms with Crippen molar-refractivity contribution in [3.63, 3.8) is 0 Å². The highest BCUT2D eigenvalue weighted by Gasteiger charge is 2.53. The first-order valence-corrected chi connectivity index (χ1v) is 15.9. The van der Waals surface area contributed by atoms with Crippen molar-refractivity contribution in [2.75, 3.05) is 13.7 Å². The van der Waals surface area contributed by atoms with Gasteiger partial charge < -0.3 is 28.1 Å². The van der Waals surface area contributed by atoms with Crippen LogP contribution in [0.15, 0.2) is 73.3 Å². The minimum Gasteiger partial charge on any atom is -0.451 e. The first-order valence-electron chi connectivity index (χ1n) is 13.0. The highest BCUT2D eigenvalue weighted by molar-refractivity contribution is 6.74. The maximum atomic E-state index is 12.4. The van der Waals surface area contributed by atoms with Crippen molar-refractivity contribution in [2.45, 2.75) is 82.8 Å². The molecule has 0 N–H and O–H groups in total. The maximum absolute atomic E-state index is 12.4. The molecule has 3 rings (SSSR count). The van der Waals surface area contributed by atoms with Crippen molar-refractivity contribution in [3.8, 4) is 0 Å². The standard InChI is InChI=1S/C30H42O7Si/c1-8-25(31)36-28-27(37-38(6,7)30(2,3)4)26(34-20-23-17-13-10-14-18-23)24(35-29(28)32-5)21-33-19-22-15-11-9-12-16-22/h8-18,24,26-29H,1,19-21H2,2-7H3/t24-,26-,27+,28-,29+/m1/s1. The minimum atomic E-state index is -2.35. The van der Waals surface area contributed by atoms with Crippen molar-refractivity contribution >= 4 is 14.3 Å². The second-order valence-corrected chi connectivity index (χ2v) is 15.7. The molecule has 1 fully saturated rings. The highest BCUT2D eigenvalue weighted by atomic mass is 28.4. The summed E-state index contributed by atoms with van der Waals surface area (Å²) in [5, 5.41) is -0.0931. The first-order chi connectivity index (χ1) is 18.1. The highest BCUT2D eigenvalue weighted by Crippen LogP contribution is 2.40. The monoisotopic (exact) mass is 542 g/mol. The van der Waals surface area contributed by atoms with Crippen LogP contribution in [0, 0.1) is 0 Å². The van der Waals surface area contributed by atoms with E-state index in [9.17, 15) is 4.79 Å². The predicted molar refractivity (Wildman–Crippen MR) is 149 cm³/mol. The quantitative estimate of drug-likeness (QED) is 0.195. The minimum absolute atomic E-state index is 0.0931. The Hall–Kier alpha value is -2.33. The van der Waals surface area contributed by atoms with Crippen molar-refractivity contribution in [1.29, 1.82) is 0 Å². The average molecular weight is 543 g/mol. The zero-order valence-corrected chi connectivity index (χ0v) is 24.4. The van der Waals surface area contributed by atoms with E-state index in [1.54, 1.807) is 0 Å². The summed E-state index contributed by atoms with van der Waals surface area (Å²) in [6.45, 7) is 15.4. The van der Waals surface area contributed by atoms with Crippen LogP contribution in [0.25, 0.3) is 0 Å². The van der Waals surface area contributed by atoms with E-state index in [0.717, 1.165) is 17.2 Å². The van der Waals surface area contributed by atoms with Gasteiger partial charge in [0.25, 0.3) is 0 Å². The number of hydrogen-bond donors (Lipinski definition) is 0. The van der Waals surface area contributed by atoms with E-state index in [2.05, 4.69) is 40.4 Å². The average Bonchev–Trinajstić information content (AvgIpc) is 2.89. The Morgan fingerprint density at radius 3 is 2.05 bits per heavy atom. The molecule has 0 unspecified atom stereocenters. The number of hydrogen-bond acceptors (Lipinski definition) is 7. The summed E-state index contributed by atoms with van der Waals surface area (Å²) >= 11 is 0. The fraction of sp³-hybridized carbons (Fsp3) is 0.500. The number of esters is 1. The van der Waals surface area contributed by atoms with Gasteiger partial charge in [0.1, 0.15) is 18.3 Å². The molecule has 2 aromatic rings. The van der Waals surface area contributed by atoms with Gasteiger partial charge in [-0.15, -0.1) is 0 Å². The predicted octanol–water partition coefficient (Wildman–Crippen LogP) is 5.65. The summed E-state index contributed by atoms with van der Waals surface area (Å²) in [4.78, 5) is 12.4. The molecule has 7 nitrogen and oxygen atoms in total. The zero-order valence-electron chi connectivity index (χ0n) is 23.4. The molecule has 0 aliphatic carbocycles. The third-order valence-corrected chi connectivity index (χ3v) is 11.6. The van der Waals surface area contributed by atoms with Crippen molar-refractivity contribution in [1.82, 2.24) is 0 Å². The topological polar surface area (TPSA) is 72.5 Å². The van der Waals surface area contributed by atoms with Crippen LogP contribution in [0.5, 0.6) is 0 Å². The summed E-state index contributed by atoms with van der Waals surface area (Å²) in [7, 11) is -0.827. The van der Waals surface area contributed by atoms with Gasteiger partial charge in [-0.2, -0.15) is 0 Å². The van der Waals surface area contributed by atoms with Crippen LogP contribution in [0.2, 0.25) is 18.1 Å². The Kier molecular flexibility index (Phi) is 10.8. The maximum Gasteiger partial charge on any atom is 0.330 e. The van der Waals surface area contributed by atoms with Crippen LogP contribution in [-0.4, -0.2) is 58.7 Å². The molecule has 0 saturated carbocycles. The second kappa shape index (κ2) is 13.6. The number of carbonyl (C=O) groups excluding carboxylic acids is 1. The molecule has 0 spiro atoms. The number of ether oxygens (including phenoxy) is 5. The Bertz CT molecular complexity index is 1010. The van der Waals surface area contributed by atoms with E-state index in [1.165, 1.54) is 7.11 Å². The van der Waals surface area contributed by atoms with E-state index >= 15 is 0 Å². The molecule has 1 heterocycles. The summed E-state index contributed by atoms with van der Waals surface area (Å²) < 4.78 is 37.3. The molecule has 5 atom stereocenters. The molecule has 1 saturated heterocycles. The molecule has 2 aromatic carbocycles. The molecule has 0 radical (unpaired) electrons. The lowest BCUT2D eigenvalue weighted by atomic mass is 9.98. The number of carbonyl (C=O) groups is 1. The van der Waals surface area contributed by atoms with Crippen LogP contribution in [0.4, 0.5) is 0 Å². The largest absolute Gasteiger partial charge is 0.451 e. The first kappa shape index (κ1) is 30.2.